The Bertz CT molecular complexity index is 648. The Morgan fingerprint density at radius 3 is 2.52 bits per heavy atom. The molecule has 21 heavy (non-hydrogen) atoms. The molecule has 1 saturated heterocycles. The Kier molecular flexibility index (Phi) is 3.43. The Morgan fingerprint density at radius 1 is 1.24 bits per heavy atom. The minimum absolute atomic E-state index is 0.0414. The zero-order valence-electron chi connectivity index (χ0n) is 10.6. The van der Waals surface area contributed by atoms with Crippen LogP contribution in [0, 0.1) is 17.7 Å². The molecule has 3 rings (SSSR count). The lowest BCUT2D eigenvalue weighted by Gasteiger charge is -2.21. The largest absolute Gasteiger partial charge is 0.481 e. The second kappa shape index (κ2) is 5.13. The number of rotatable bonds is 3. The zero-order valence-corrected chi connectivity index (χ0v) is 11.4. The predicted molar refractivity (Wildman–Crippen MR) is 72.5 cm³/mol. The number of benzene rings is 1. The number of carboxylic acid groups (broad SMARTS) is 1. The number of hydrogen-bond donors (Lipinski definition) is 2. The van der Waals surface area contributed by atoms with E-state index < -0.39 is 41.7 Å². The van der Waals surface area contributed by atoms with Crippen LogP contribution in [0.1, 0.15) is 0 Å². The van der Waals surface area contributed by atoms with E-state index in [-0.39, 0.29) is 10.7 Å². The maximum atomic E-state index is 13.7. The Labute approximate surface area is 124 Å². The highest BCUT2D eigenvalue weighted by atomic mass is 35.5. The first-order valence-corrected chi connectivity index (χ1v) is 6.67. The van der Waals surface area contributed by atoms with Crippen molar-refractivity contribution in [2.24, 2.45) is 11.8 Å². The van der Waals surface area contributed by atoms with E-state index in [1.165, 1.54) is 12.1 Å². The van der Waals surface area contributed by atoms with Gasteiger partial charge in [-0.25, -0.2) is 4.39 Å². The number of halogens is 2. The maximum absolute atomic E-state index is 13.7. The molecule has 2 aliphatic rings. The van der Waals surface area contributed by atoms with Gasteiger partial charge in [-0.3, -0.25) is 9.59 Å². The molecule has 2 N–H and O–H groups in total. The van der Waals surface area contributed by atoms with E-state index in [2.05, 4.69) is 5.32 Å². The van der Waals surface area contributed by atoms with Crippen molar-refractivity contribution < 1.29 is 23.8 Å². The van der Waals surface area contributed by atoms with E-state index in [9.17, 15) is 19.1 Å². The molecule has 110 valence electrons. The summed E-state index contributed by atoms with van der Waals surface area (Å²) in [5.41, 5.74) is -0.0414. The molecule has 0 aliphatic carbocycles. The molecule has 0 spiro atoms. The molecule has 2 heterocycles. The number of carbonyl (C=O) groups is 2. The minimum atomic E-state index is -1.11. The van der Waals surface area contributed by atoms with E-state index >= 15 is 0 Å². The summed E-state index contributed by atoms with van der Waals surface area (Å²) in [4.78, 5) is 23.6. The second-order valence-corrected chi connectivity index (χ2v) is 5.39. The third-order valence-corrected chi connectivity index (χ3v) is 3.91. The van der Waals surface area contributed by atoms with Crippen molar-refractivity contribution in [1.29, 1.82) is 0 Å². The molecule has 2 aliphatic heterocycles. The van der Waals surface area contributed by atoms with Crippen LogP contribution >= 0.6 is 11.6 Å². The number of carbonyl (C=O) groups excluding carboxylic acids is 1. The van der Waals surface area contributed by atoms with E-state index in [4.69, 9.17) is 16.3 Å². The fourth-order valence-electron chi connectivity index (χ4n) is 2.72. The Hall–Kier alpha value is -1.92. The van der Waals surface area contributed by atoms with Crippen molar-refractivity contribution in [2.75, 3.05) is 5.32 Å². The average Bonchev–Trinajstić information content (AvgIpc) is 3.02. The van der Waals surface area contributed by atoms with Crippen LogP contribution in [0.2, 0.25) is 5.02 Å². The highest BCUT2D eigenvalue weighted by Crippen LogP contribution is 2.40. The van der Waals surface area contributed by atoms with Gasteiger partial charge < -0.3 is 15.2 Å². The van der Waals surface area contributed by atoms with Crippen molar-refractivity contribution in [3.05, 3.63) is 41.2 Å². The lowest BCUT2D eigenvalue weighted by Crippen LogP contribution is -2.39. The minimum Gasteiger partial charge on any atom is -0.481 e. The highest BCUT2D eigenvalue weighted by molar-refractivity contribution is 6.30. The summed E-state index contributed by atoms with van der Waals surface area (Å²) in [6.07, 6.45) is 2.09. The number of nitrogens with one attached hydrogen (secondary N) is 1. The zero-order chi connectivity index (χ0) is 15.1. The van der Waals surface area contributed by atoms with Crippen LogP contribution in [-0.4, -0.2) is 29.2 Å². The monoisotopic (exact) mass is 311 g/mol. The number of anilines is 1. The number of carboxylic acids is 1. The van der Waals surface area contributed by atoms with Crippen LogP contribution in [0.5, 0.6) is 0 Å². The lowest BCUT2D eigenvalue weighted by atomic mass is 9.82. The van der Waals surface area contributed by atoms with E-state index in [1.54, 1.807) is 12.2 Å². The normalized spacial score (nSPS) is 29.6. The molecule has 0 radical (unpaired) electrons. The van der Waals surface area contributed by atoms with E-state index in [0.29, 0.717) is 0 Å². The number of aliphatic carboxylic acids is 1. The summed E-state index contributed by atoms with van der Waals surface area (Å²) in [6.45, 7) is 0. The van der Waals surface area contributed by atoms with Crippen LogP contribution < -0.4 is 5.32 Å². The van der Waals surface area contributed by atoms with Gasteiger partial charge in [0.05, 0.1) is 23.8 Å². The average molecular weight is 312 g/mol. The first-order valence-electron chi connectivity index (χ1n) is 6.30. The van der Waals surface area contributed by atoms with Crippen molar-refractivity contribution in [3.63, 3.8) is 0 Å². The number of fused-ring (bicyclic) bond motifs is 2. The van der Waals surface area contributed by atoms with Crippen LogP contribution in [0.25, 0.3) is 0 Å². The van der Waals surface area contributed by atoms with Gasteiger partial charge in [0.15, 0.2) is 0 Å². The summed E-state index contributed by atoms with van der Waals surface area (Å²) >= 11 is 5.64. The highest BCUT2D eigenvalue weighted by Gasteiger charge is 2.53. The Morgan fingerprint density at radius 2 is 1.90 bits per heavy atom. The van der Waals surface area contributed by atoms with Gasteiger partial charge in [-0.15, -0.1) is 0 Å². The molecule has 5 nitrogen and oxygen atoms in total. The summed E-state index contributed by atoms with van der Waals surface area (Å²) in [5, 5.41) is 11.8. The molecule has 1 fully saturated rings. The van der Waals surface area contributed by atoms with Gasteiger partial charge in [0.1, 0.15) is 11.7 Å². The predicted octanol–water partition coefficient (Wildman–Crippen LogP) is 2.07. The van der Waals surface area contributed by atoms with Crippen LogP contribution in [0.15, 0.2) is 30.4 Å². The van der Waals surface area contributed by atoms with Crippen LogP contribution in [0.4, 0.5) is 10.1 Å². The lowest BCUT2D eigenvalue weighted by molar-refractivity contribution is -0.145. The van der Waals surface area contributed by atoms with Gasteiger partial charge in [0.2, 0.25) is 5.91 Å². The Balaban J connectivity index is 1.82. The summed E-state index contributed by atoms with van der Waals surface area (Å²) in [5.74, 6) is -4.21. The fraction of sp³-hybridized carbons (Fsp3) is 0.286. The van der Waals surface area contributed by atoms with Gasteiger partial charge in [-0.1, -0.05) is 23.8 Å². The molecular weight excluding hydrogens is 301 g/mol. The van der Waals surface area contributed by atoms with E-state index in [0.717, 1.165) is 6.07 Å². The molecule has 7 heteroatoms. The smallest absolute Gasteiger partial charge is 0.310 e. The summed E-state index contributed by atoms with van der Waals surface area (Å²) in [6, 6.07) is 3.84. The maximum Gasteiger partial charge on any atom is 0.310 e. The first-order chi connectivity index (χ1) is 9.97. The van der Waals surface area contributed by atoms with E-state index in [1.807, 2.05) is 0 Å². The van der Waals surface area contributed by atoms with Gasteiger partial charge in [-0.2, -0.15) is 0 Å². The SMILES string of the molecule is O=C(O)C1C2C=CC(O2)C1C(=O)Nc1ccc(Cl)cc1F. The fourth-order valence-corrected chi connectivity index (χ4v) is 2.88. The van der Waals surface area contributed by atoms with Crippen LogP contribution in [-0.2, 0) is 14.3 Å². The molecule has 1 aromatic rings. The topological polar surface area (TPSA) is 75.6 Å². The van der Waals surface area contributed by atoms with Gasteiger partial charge in [0.25, 0.3) is 0 Å². The van der Waals surface area contributed by atoms with Crippen molar-refractivity contribution in [2.45, 2.75) is 12.2 Å². The van der Waals surface area contributed by atoms with Gasteiger partial charge >= 0.3 is 5.97 Å². The summed E-state index contributed by atoms with van der Waals surface area (Å²) < 4.78 is 19.1. The van der Waals surface area contributed by atoms with Gasteiger partial charge in [0, 0.05) is 5.02 Å². The van der Waals surface area contributed by atoms with Gasteiger partial charge in [-0.05, 0) is 18.2 Å². The number of ether oxygens (including phenoxy) is 1. The number of amides is 1. The number of hydrogen-bond acceptors (Lipinski definition) is 3. The molecular formula is C14H11ClFNO4. The third-order valence-electron chi connectivity index (χ3n) is 3.68. The van der Waals surface area contributed by atoms with Crippen molar-refractivity contribution in [3.8, 4) is 0 Å². The second-order valence-electron chi connectivity index (χ2n) is 4.95. The molecule has 4 unspecified atom stereocenters. The molecule has 1 aromatic carbocycles. The van der Waals surface area contributed by atoms with Crippen molar-refractivity contribution >= 4 is 29.2 Å². The molecule has 4 atom stereocenters. The standard InChI is InChI=1S/C14H11ClFNO4/c15-6-1-2-8(7(16)5-6)17-13(18)11-9-3-4-10(21-9)12(11)14(19)20/h1-5,9-12H,(H,17,18)(H,19,20). The summed E-state index contributed by atoms with van der Waals surface area (Å²) in [7, 11) is 0. The molecule has 0 saturated carbocycles. The molecule has 1 amide bonds. The molecule has 2 bridgehead atoms. The first kappa shape index (κ1) is 14.0. The molecule has 0 aromatic heterocycles. The quantitative estimate of drug-likeness (QED) is 0.838. The van der Waals surface area contributed by atoms with Crippen molar-refractivity contribution in [1.82, 2.24) is 0 Å². The van der Waals surface area contributed by atoms with Crippen LogP contribution in [0.3, 0.4) is 0 Å². The third kappa shape index (κ3) is 2.41.